The lowest BCUT2D eigenvalue weighted by Crippen LogP contribution is -2.13. The van der Waals surface area contributed by atoms with E-state index in [-0.39, 0.29) is 11.6 Å². The Hall–Kier alpha value is -3.68. The van der Waals surface area contributed by atoms with Crippen molar-refractivity contribution in [3.8, 4) is 17.0 Å². The van der Waals surface area contributed by atoms with Gasteiger partial charge in [-0.25, -0.2) is 9.50 Å². The molecule has 0 bridgehead atoms. The Bertz CT molecular complexity index is 1140. The minimum absolute atomic E-state index is 0.266. The number of nitrogens with one attached hydrogen (secondary N) is 1. The van der Waals surface area contributed by atoms with Crippen molar-refractivity contribution >= 4 is 17.2 Å². The van der Waals surface area contributed by atoms with E-state index in [0.29, 0.717) is 17.1 Å². The molecule has 1 aromatic carbocycles. The maximum atomic E-state index is 12.7. The second-order valence-corrected chi connectivity index (χ2v) is 6.05. The highest BCUT2D eigenvalue weighted by Gasteiger charge is 2.17. The third kappa shape index (κ3) is 2.91. The van der Waals surface area contributed by atoms with Gasteiger partial charge in [0.1, 0.15) is 5.75 Å². The van der Waals surface area contributed by atoms with Crippen LogP contribution in [-0.2, 0) is 7.05 Å². The zero-order valence-electron chi connectivity index (χ0n) is 15.2. The number of carbonyl (C=O) groups is 1. The number of hydrogen-bond donors (Lipinski definition) is 1. The van der Waals surface area contributed by atoms with Crippen LogP contribution in [0.3, 0.4) is 0 Å². The lowest BCUT2D eigenvalue weighted by atomic mass is 10.2. The largest absolute Gasteiger partial charge is 0.495 e. The van der Waals surface area contributed by atoms with Gasteiger partial charge in [0.05, 0.1) is 24.7 Å². The minimum Gasteiger partial charge on any atom is -0.495 e. The fraction of sp³-hybridized carbons (Fsp3) is 0.158. The molecule has 0 atom stereocenters. The molecule has 3 aromatic heterocycles. The van der Waals surface area contributed by atoms with Gasteiger partial charge < -0.3 is 10.1 Å². The molecule has 0 saturated carbocycles. The number of nitrogens with zero attached hydrogens (tertiary/aromatic N) is 5. The Kier molecular flexibility index (Phi) is 4.08. The highest BCUT2D eigenvalue weighted by atomic mass is 16.5. The lowest BCUT2D eigenvalue weighted by Gasteiger charge is -2.08. The van der Waals surface area contributed by atoms with Crippen molar-refractivity contribution in [1.29, 1.82) is 0 Å². The molecular weight excluding hydrogens is 344 g/mol. The van der Waals surface area contributed by atoms with Crippen LogP contribution in [0.5, 0.6) is 5.75 Å². The number of anilines is 1. The number of fused-ring (bicyclic) bond motifs is 1. The second-order valence-electron chi connectivity index (χ2n) is 6.05. The van der Waals surface area contributed by atoms with Gasteiger partial charge >= 0.3 is 0 Å². The normalized spacial score (nSPS) is 10.9. The maximum absolute atomic E-state index is 12.7. The molecule has 8 nitrogen and oxygen atoms in total. The van der Waals surface area contributed by atoms with Crippen LogP contribution in [0.1, 0.15) is 16.2 Å². The molecule has 136 valence electrons. The first-order valence-corrected chi connectivity index (χ1v) is 8.36. The molecule has 4 aromatic rings. The summed E-state index contributed by atoms with van der Waals surface area (Å²) >= 11 is 0. The molecule has 0 radical (unpaired) electrons. The predicted molar refractivity (Wildman–Crippen MR) is 101 cm³/mol. The molecule has 0 unspecified atom stereocenters. The van der Waals surface area contributed by atoms with Crippen LogP contribution in [0, 0.1) is 6.92 Å². The Morgan fingerprint density at radius 3 is 2.78 bits per heavy atom. The Morgan fingerprint density at radius 2 is 2.04 bits per heavy atom. The van der Waals surface area contributed by atoms with E-state index in [1.54, 1.807) is 46.9 Å². The van der Waals surface area contributed by atoms with Gasteiger partial charge in [-0.05, 0) is 25.1 Å². The Morgan fingerprint density at radius 1 is 1.22 bits per heavy atom. The third-order valence-corrected chi connectivity index (χ3v) is 4.46. The number of ether oxygens (including phenoxy) is 1. The second kappa shape index (κ2) is 6.56. The molecular formula is C19H18N6O2. The third-order valence-electron chi connectivity index (χ3n) is 4.46. The molecule has 4 rings (SSSR count). The van der Waals surface area contributed by atoms with Crippen molar-refractivity contribution in [2.45, 2.75) is 6.92 Å². The number of aromatic nitrogens is 5. The summed E-state index contributed by atoms with van der Waals surface area (Å²) in [5, 5.41) is 11.6. The number of carbonyl (C=O) groups excluding carboxylic acids is 1. The van der Waals surface area contributed by atoms with Gasteiger partial charge in [-0.3, -0.25) is 9.48 Å². The van der Waals surface area contributed by atoms with Crippen molar-refractivity contribution in [2.24, 2.45) is 7.05 Å². The van der Waals surface area contributed by atoms with E-state index in [0.717, 1.165) is 17.0 Å². The van der Waals surface area contributed by atoms with E-state index in [1.165, 1.54) is 0 Å². The first-order valence-electron chi connectivity index (χ1n) is 8.36. The van der Waals surface area contributed by atoms with Crippen molar-refractivity contribution in [3.05, 3.63) is 60.2 Å². The van der Waals surface area contributed by atoms with E-state index < -0.39 is 0 Å². The van der Waals surface area contributed by atoms with Crippen LogP contribution in [0.25, 0.3) is 16.9 Å². The minimum atomic E-state index is -0.334. The van der Waals surface area contributed by atoms with Gasteiger partial charge in [-0.1, -0.05) is 12.1 Å². The van der Waals surface area contributed by atoms with E-state index >= 15 is 0 Å². The molecule has 0 fully saturated rings. The summed E-state index contributed by atoms with van der Waals surface area (Å²) in [4.78, 5) is 17.0. The van der Waals surface area contributed by atoms with Crippen LogP contribution in [0.15, 0.2) is 48.8 Å². The highest BCUT2D eigenvalue weighted by molar-refractivity contribution is 6.04. The number of hydrogen-bond acceptors (Lipinski definition) is 5. The molecule has 27 heavy (non-hydrogen) atoms. The van der Waals surface area contributed by atoms with E-state index in [1.807, 2.05) is 32.2 Å². The molecule has 1 N–H and O–H groups in total. The zero-order chi connectivity index (χ0) is 19.0. The summed E-state index contributed by atoms with van der Waals surface area (Å²) in [6.45, 7) is 1.98. The number of benzene rings is 1. The monoisotopic (exact) mass is 362 g/mol. The van der Waals surface area contributed by atoms with Crippen LogP contribution in [0.2, 0.25) is 0 Å². The van der Waals surface area contributed by atoms with Crippen LogP contribution in [-0.4, -0.2) is 37.4 Å². The van der Waals surface area contributed by atoms with Gasteiger partial charge in [0.15, 0.2) is 11.3 Å². The first kappa shape index (κ1) is 16.8. The fourth-order valence-corrected chi connectivity index (χ4v) is 2.89. The summed E-state index contributed by atoms with van der Waals surface area (Å²) in [6, 6.07) is 10.7. The van der Waals surface area contributed by atoms with E-state index in [4.69, 9.17) is 4.74 Å². The summed E-state index contributed by atoms with van der Waals surface area (Å²) < 4.78 is 8.72. The van der Waals surface area contributed by atoms with Crippen molar-refractivity contribution in [3.63, 3.8) is 0 Å². The number of para-hydroxylation sites is 2. The number of amides is 1. The molecule has 1 amide bonds. The molecule has 8 heteroatoms. The van der Waals surface area contributed by atoms with Crippen LogP contribution in [0.4, 0.5) is 5.69 Å². The smallest absolute Gasteiger partial charge is 0.276 e. The molecule has 0 spiro atoms. The highest BCUT2D eigenvalue weighted by Crippen LogP contribution is 2.25. The summed E-state index contributed by atoms with van der Waals surface area (Å²) in [7, 11) is 3.44. The van der Waals surface area contributed by atoms with Crippen LogP contribution >= 0.6 is 0 Å². The Balaban J connectivity index is 1.73. The summed E-state index contributed by atoms with van der Waals surface area (Å²) in [5.74, 6) is 0.248. The van der Waals surface area contributed by atoms with Crippen LogP contribution < -0.4 is 10.1 Å². The van der Waals surface area contributed by atoms with Gasteiger partial charge in [-0.2, -0.15) is 10.2 Å². The average molecular weight is 362 g/mol. The number of rotatable bonds is 4. The van der Waals surface area contributed by atoms with E-state index in [2.05, 4.69) is 20.5 Å². The summed E-state index contributed by atoms with van der Waals surface area (Å²) in [6.07, 6.45) is 3.47. The maximum Gasteiger partial charge on any atom is 0.276 e. The first-order chi connectivity index (χ1) is 13.1. The Labute approximate surface area is 155 Å². The van der Waals surface area contributed by atoms with Gasteiger partial charge in [0, 0.05) is 30.6 Å². The van der Waals surface area contributed by atoms with Gasteiger partial charge in [-0.15, -0.1) is 0 Å². The predicted octanol–water partition coefficient (Wildman–Crippen LogP) is 2.70. The topological polar surface area (TPSA) is 86.3 Å². The fourth-order valence-electron chi connectivity index (χ4n) is 2.89. The molecule has 0 aliphatic rings. The van der Waals surface area contributed by atoms with Crippen molar-refractivity contribution in [2.75, 3.05) is 12.4 Å². The zero-order valence-corrected chi connectivity index (χ0v) is 15.2. The lowest BCUT2D eigenvalue weighted by molar-refractivity contribution is 0.102. The average Bonchev–Trinajstić information content (AvgIpc) is 3.26. The standard InChI is InChI=1S/C19H18N6O2/c1-12-13(11-21-24(12)2)16-8-9-20-18-10-15(23-25(16)18)19(26)22-14-6-4-5-7-17(14)27-3/h4-11H,1-3H3,(H,22,26). The molecule has 3 heterocycles. The summed E-state index contributed by atoms with van der Waals surface area (Å²) in [5.41, 5.74) is 4.19. The van der Waals surface area contributed by atoms with E-state index in [9.17, 15) is 4.79 Å². The number of aryl methyl sites for hydroxylation is 1. The van der Waals surface area contributed by atoms with Gasteiger partial charge in [0.2, 0.25) is 0 Å². The van der Waals surface area contributed by atoms with Crippen molar-refractivity contribution < 1.29 is 9.53 Å². The van der Waals surface area contributed by atoms with Gasteiger partial charge in [0.25, 0.3) is 5.91 Å². The molecule has 0 aliphatic heterocycles. The number of methoxy groups -OCH3 is 1. The van der Waals surface area contributed by atoms with Crippen molar-refractivity contribution in [1.82, 2.24) is 24.4 Å². The quantitative estimate of drug-likeness (QED) is 0.603. The molecule has 0 aliphatic carbocycles. The molecule has 0 saturated heterocycles. The SMILES string of the molecule is COc1ccccc1NC(=O)c1cc2nccc(-c3cnn(C)c3C)n2n1.